The van der Waals surface area contributed by atoms with Gasteiger partial charge in [0.2, 0.25) is 0 Å². The first-order valence-corrected chi connectivity index (χ1v) is 10.8. The molecular formula is C24H24F3N3O2. The summed E-state index contributed by atoms with van der Waals surface area (Å²) in [4.78, 5) is 10.5. The van der Waals surface area contributed by atoms with Crippen LogP contribution in [-0.4, -0.2) is 28.2 Å². The molecule has 2 aliphatic rings. The van der Waals surface area contributed by atoms with Crippen molar-refractivity contribution < 1.29 is 22.3 Å². The summed E-state index contributed by atoms with van der Waals surface area (Å²) in [5.41, 5.74) is 1.26. The van der Waals surface area contributed by atoms with Gasteiger partial charge in [0.25, 0.3) is 0 Å². The van der Waals surface area contributed by atoms with Gasteiger partial charge in [0.15, 0.2) is 11.7 Å². The molecule has 5 rings (SSSR count). The molecule has 0 spiro atoms. The summed E-state index contributed by atoms with van der Waals surface area (Å²) in [5, 5.41) is 0. The van der Waals surface area contributed by atoms with Crippen LogP contribution < -0.4 is 9.64 Å². The van der Waals surface area contributed by atoms with Crippen molar-refractivity contribution in [2.45, 2.75) is 63.9 Å². The van der Waals surface area contributed by atoms with Gasteiger partial charge >= 0.3 is 6.18 Å². The van der Waals surface area contributed by atoms with E-state index in [9.17, 15) is 13.2 Å². The molecule has 1 aromatic carbocycles. The molecule has 1 unspecified atom stereocenters. The molecule has 2 bridgehead atoms. The van der Waals surface area contributed by atoms with Gasteiger partial charge in [-0.15, -0.1) is 0 Å². The molecule has 2 saturated heterocycles. The maximum Gasteiger partial charge on any atom is 0.417 e. The zero-order valence-corrected chi connectivity index (χ0v) is 17.9. The SMILES string of the molecule is Cc1ccc(OC2C[C@H]3CC[C@@H](C2)N3c2ccc(C(F)(F)F)cn2)c(-c2cnc(C)o2)c1. The van der Waals surface area contributed by atoms with Gasteiger partial charge in [0, 0.05) is 38.0 Å². The van der Waals surface area contributed by atoms with E-state index >= 15 is 0 Å². The highest BCUT2D eigenvalue weighted by Gasteiger charge is 2.42. The van der Waals surface area contributed by atoms with Crippen LogP contribution >= 0.6 is 0 Å². The molecule has 5 nitrogen and oxygen atoms in total. The van der Waals surface area contributed by atoms with E-state index in [1.807, 2.05) is 32.0 Å². The minimum atomic E-state index is -4.38. The number of piperidine rings is 1. The number of pyridine rings is 1. The molecule has 8 heteroatoms. The molecule has 2 aliphatic heterocycles. The topological polar surface area (TPSA) is 51.4 Å². The summed E-state index contributed by atoms with van der Waals surface area (Å²) in [5.74, 6) is 2.65. The summed E-state index contributed by atoms with van der Waals surface area (Å²) in [6.07, 6.45) is 1.83. The maximum absolute atomic E-state index is 12.9. The van der Waals surface area contributed by atoms with Crippen molar-refractivity contribution in [1.82, 2.24) is 9.97 Å². The van der Waals surface area contributed by atoms with Gasteiger partial charge in [-0.25, -0.2) is 9.97 Å². The monoisotopic (exact) mass is 443 g/mol. The number of ether oxygens (including phenoxy) is 1. The second-order valence-electron chi connectivity index (χ2n) is 8.65. The number of aryl methyl sites for hydroxylation is 2. The van der Waals surface area contributed by atoms with Crippen molar-refractivity contribution in [3.8, 4) is 17.1 Å². The number of aromatic nitrogens is 2. The highest BCUT2D eigenvalue weighted by atomic mass is 19.4. The molecule has 3 atom stereocenters. The number of benzene rings is 1. The maximum atomic E-state index is 12.9. The Morgan fingerprint density at radius 2 is 1.75 bits per heavy atom. The van der Waals surface area contributed by atoms with Crippen LogP contribution in [0.15, 0.2) is 47.1 Å². The Kier molecular flexibility index (Phi) is 5.10. The molecule has 0 amide bonds. The number of hydrogen-bond donors (Lipinski definition) is 0. The standard InChI is InChI=1S/C24H24F3N3O2/c1-14-3-7-21(20(9-14)22-13-28-15(2)31-22)32-19-10-17-5-6-18(11-19)30(17)23-8-4-16(12-29-23)24(25,26)27/h3-4,7-9,12-13,17-19H,5-6,10-11H2,1-2H3/t17-,18+,19?. The Morgan fingerprint density at radius 1 is 1.00 bits per heavy atom. The van der Waals surface area contributed by atoms with Crippen molar-refractivity contribution >= 4 is 5.82 Å². The van der Waals surface area contributed by atoms with Crippen molar-refractivity contribution in [3.05, 3.63) is 59.7 Å². The second-order valence-corrected chi connectivity index (χ2v) is 8.65. The van der Waals surface area contributed by atoms with Crippen molar-refractivity contribution in [1.29, 1.82) is 0 Å². The summed E-state index contributed by atoms with van der Waals surface area (Å²) >= 11 is 0. The summed E-state index contributed by atoms with van der Waals surface area (Å²) in [6.45, 7) is 3.83. The van der Waals surface area contributed by atoms with Crippen LogP contribution in [0.2, 0.25) is 0 Å². The van der Waals surface area contributed by atoms with Gasteiger partial charge in [-0.05, 0) is 44.0 Å². The van der Waals surface area contributed by atoms with Gasteiger partial charge in [-0.2, -0.15) is 13.2 Å². The van der Waals surface area contributed by atoms with E-state index in [0.717, 1.165) is 54.8 Å². The lowest BCUT2D eigenvalue weighted by Gasteiger charge is -2.40. The first kappa shape index (κ1) is 20.8. The van der Waals surface area contributed by atoms with Gasteiger partial charge in [0.1, 0.15) is 17.7 Å². The minimum absolute atomic E-state index is 0.0173. The number of alkyl halides is 3. The van der Waals surface area contributed by atoms with E-state index in [1.54, 1.807) is 6.20 Å². The van der Waals surface area contributed by atoms with Crippen molar-refractivity contribution in [2.75, 3.05) is 4.90 Å². The Morgan fingerprint density at radius 3 is 2.34 bits per heavy atom. The first-order valence-electron chi connectivity index (χ1n) is 10.8. The number of halogens is 3. The molecule has 0 aliphatic carbocycles. The average Bonchev–Trinajstić information content (AvgIpc) is 3.29. The number of rotatable bonds is 4. The predicted octanol–water partition coefficient (Wildman–Crippen LogP) is 5.95. The zero-order valence-electron chi connectivity index (χ0n) is 17.9. The number of oxazole rings is 1. The third kappa shape index (κ3) is 3.94. The first-order chi connectivity index (χ1) is 15.3. The molecule has 4 heterocycles. The lowest BCUT2D eigenvalue weighted by atomic mass is 9.99. The highest BCUT2D eigenvalue weighted by molar-refractivity contribution is 5.66. The van der Waals surface area contributed by atoms with Crippen LogP contribution in [-0.2, 0) is 6.18 Å². The molecule has 2 aromatic heterocycles. The quantitative estimate of drug-likeness (QED) is 0.499. The Labute approximate surface area is 184 Å². The predicted molar refractivity (Wildman–Crippen MR) is 114 cm³/mol. The Hall–Kier alpha value is -3.03. The van der Waals surface area contributed by atoms with E-state index < -0.39 is 11.7 Å². The molecule has 2 fully saturated rings. The second kappa shape index (κ2) is 7.83. The van der Waals surface area contributed by atoms with E-state index in [4.69, 9.17) is 9.15 Å². The lowest BCUT2D eigenvalue weighted by molar-refractivity contribution is -0.137. The van der Waals surface area contributed by atoms with Gasteiger partial charge in [0.05, 0.1) is 17.3 Å². The molecule has 0 radical (unpaired) electrons. The minimum Gasteiger partial charge on any atom is -0.489 e. The number of fused-ring (bicyclic) bond motifs is 2. The van der Waals surface area contributed by atoms with Crippen LogP contribution in [0.25, 0.3) is 11.3 Å². The Bertz CT molecular complexity index is 1100. The van der Waals surface area contributed by atoms with Crippen molar-refractivity contribution in [2.24, 2.45) is 0 Å². The van der Waals surface area contributed by atoms with E-state index in [-0.39, 0.29) is 18.2 Å². The van der Waals surface area contributed by atoms with E-state index in [1.165, 1.54) is 6.07 Å². The van der Waals surface area contributed by atoms with E-state index in [0.29, 0.717) is 17.5 Å². The molecule has 168 valence electrons. The summed E-state index contributed by atoms with van der Waals surface area (Å²) < 4.78 is 50.8. The third-order valence-corrected chi connectivity index (χ3v) is 6.35. The fraction of sp³-hybridized carbons (Fsp3) is 0.417. The highest BCUT2D eigenvalue weighted by Crippen LogP contribution is 2.42. The van der Waals surface area contributed by atoms with Gasteiger partial charge in [-0.3, -0.25) is 0 Å². The fourth-order valence-corrected chi connectivity index (χ4v) is 4.91. The number of nitrogens with zero attached hydrogens (tertiary/aromatic N) is 3. The lowest BCUT2D eigenvalue weighted by Crippen LogP contribution is -2.46. The van der Waals surface area contributed by atoms with Crippen LogP contribution in [0.5, 0.6) is 5.75 Å². The molecule has 3 aromatic rings. The van der Waals surface area contributed by atoms with Crippen LogP contribution in [0.4, 0.5) is 19.0 Å². The van der Waals surface area contributed by atoms with E-state index in [2.05, 4.69) is 14.9 Å². The number of hydrogen-bond acceptors (Lipinski definition) is 5. The van der Waals surface area contributed by atoms with Gasteiger partial charge < -0.3 is 14.1 Å². The average molecular weight is 443 g/mol. The Balaban J connectivity index is 1.34. The fourth-order valence-electron chi connectivity index (χ4n) is 4.91. The third-order valence-electron chi connectivity index (χ3n) is 6.35. The molecular weight excluding hydrogens is 419 g/mol. The van der Waals surface area contributed by atoms with Gasteiger partial charge in [-0.1, -0.05) is 11.6 Å². The van der Waals surface area contributed by atoms with Crippen LogP contribution in [0, 0.1) is 13.8 Å². The van der Waals surface area contributed by atoms with Crippen LogP contribution in [0.1, 0.15) is 42.7 Å². The smallest absolute Gasteiger partial charge is 0.417 e. The number of anilines is 1. The molecule has 0 saturated carbocycles. The van der Waals surface area contributed by atoms with Crippen molar-refractivity contribution in [3.63, 3.8) is 0 Å². The summed E-state index contributed by atoms with van der Waals surface area (Å²) in [6, 6.07) is 9.01. The normalized spacial score (nSPS) is 22.9. The zero-order chi connectivity index (χ0) is 22.5. The largest absolute Gasteiger partial charge is 0.489 e. The summed E-state index contributed by atoms with van der Waals surface area (Å²) in [7, 11) is 0. The molecule has 32 heavy (non-hydrogen) atoms. The van der Waals surface area contributed by atoms with Crippen LogP contribution in [0.3, 0.4) is 0 Å². The molecule has 0 N–H and O–H groups in total.